The zero-order valence-corrected chi connectivity index (χ0v) is 3.35. The van der Waals surface area contributed by atoms with Gasteiger partial charge in [0.2, 0.25) is 0 Å². The number of hydrogen-bond donors (Lipinski definition) is 0. The van der Waals surface area contributed by atoms with Gasteiger partial charge in [-0.05, 0) is 0 Å². The van der Waals surface area contributed by atoms with Crippen LogP contribution in [-0.4, -0.2) is 6.29 Å². The molecule has 1 N–H and O–H groups in total. The SMILES string of the molecule is [NH]C[PH2]=O. The molecule has 0 amide bonds. The van der Waals surface area contributed by atoms with E-state index in [2.05, 4.69) is 0 Å². The van der Waals surface area contributed by atoms with Crippen molar-refractivity contribution in [3.8, 4) is 0 Å². The van der Waals surface area contributed by atoms with E-state index in [0.29, 0.717) is 0 Å². The second kappa shape index (κ2) is 3.19. The fourth-order valence-corrected chi connectivity index (χ4v) is 0. The van der Waals surface area contributed by atoms with E-state index in [9.17, 15) is 4.57 Å². The average Bonchev–Trinajstić information content (AvgIpc) is 1.37. The maximum Gasteiger partial charge on any atom is 0.0790 e. The normalized spacial score (nSPS) is 10.2. The van der Waals surface area contributed by atoms with Gasteiger partial charge in [0.15, 0.2) is 0 Å². The van der Waals surface area contributed by atoms with Crippen molar-refractivity contribution in [2.45, 2.75) is 0 Å². The Hall–Kier alpha value is 0.190. The van der Waals surface area contributed by atoms with Gasteiger partial charge in [-0.2, -0.15) is 0 Å². The minimum Gasteiger partial charge on any atom is -0.329 e. The topological polar surface area (TPSA) is 40.9 Å². The molecule has 1 radical (unpaired) electrons. The summed E-state index contributed by atoms with van der Waals surface area (Å²) in [5.74, 6) is 0. The molecular formula is CH5NOP. The van der Waals surface area contributed by atoms with E-state index in [1.54, 1.807) is 0 Å². The smallest absolute Gasteiger partial charge is 0.0790 e. The van der Waals surface area contributed by atoms with Gasteiger partial charge in [-0.15, -0.1) is 0 Å². The minimum absolute atomic E-state index is 0.0972. The molecule has 0 aromatic carbocycles. The third kappa shape index (κ3) is 2.19. The van der Waals surface area contributed by atoms with E-state index in [1.807, 2.05) is 0 Å². The second-order valence-corrected chi connectivity index (χ2v) is 1.11. The molecule has 1 unspecified atom stereocenters. The van der Waals surface area contributed by atoms with Crippen molar-refractivity contribution in [1.82, 2.24) is 5.73 Å². The standard InChI is InChI=1S/CH5NOP/c2-1-4-3/h2H,1,4H2. The lowest BCUT2D eigenvalue weighted by molar-refractivity contribution is 0.598. The largest absolute Gasteiger partial charge is 0.329 e. The van der Waals surface area contributed by atoms with Crippen LogP contribution >= 0.6 is 8.46 Å². The van der Waals surface area contributed by atoms with Gasteiger partial charge < -0.3 is 4.57 Å². The third-order valence-corrected chi connectivity index (χ3v) is 0.250. The van der Waals surface area contributed by atoms with Crippen molar-refractivity contribution >= 4 is 8.46 Å². The van der Waals surface area contributed by atoms with Gasteiger partial charge in [-0.1, -0.05) is 0 Å². The first-order valence-electron chi connectivity index (χ1n) is 0.998. The second-order valence-electron chi connectivity index (χ2n) is 0.371. The molecule has 0 saturated heterocycles. The molecule has 0 aliphatic heterocycles. The number of nitrogens with one attached hydrogen (secondary N) is 1. The van der Waals surface area contributed by atoms with E-state index in [4.69, 9.17) is 5.73 Å². The molecule has 2 nitrogen and oxygen atoms in total. The van der Waals surface area contributed by atoms with Crippen LogP contribution in [0.25, 0.3) is 0 Å². The molecule has 25 valence electrons. The molecule has 0 heterocycles. The zero-order valence-electron chi connectivity index (χ0n) is 2.19. The van der Waals surface area contributed by atoms with Crippen molar-refractivity contribution in [3.05, 3.63) is 0 Å². The van der Waals surface area contributed by atoms with Crippen LogP contribution in [0.1, 0.15) is 0 Å². The highest BCUT2D eigenvalue weighted by Gasteiger charge is 1.50. The lowest BCUT2D eigenvalue weighted by Gasteiger charge is -1.54. The predicted octanol–water partition coefficient (Wildman–Crippen LogP) is -0.0169. The first-order chi connectivity index (χ1) is 1.91. The molecule has 0 aliphatic rings. The molecule has 0 saturated carbocycles. The van der Waals surface area contributed by atoms with Crippen LogP contribution in [0.5, 0.6) is 0 Å². The van der Waals surface area contributed by atoms with E-state index in [1.165, 1.54) is 0 Å². The summed E-state index contributed by atoms with van der Waals surface area (Å²) in [4.78, 5) is 0. The Balaban J connectivity index is 2.30. The fraction of sp³-hybridized carbons (Fsp3) is 1.00. The molecular weight excluding hydrogens is 73.0 g/mol. The van der Waals surface area contributed by atoms with Gasteiger partial charge >= 0.3 is 0 Å². The van der Waals surface area contributed by atoms with Crippen LogP contribution in [0.2, 0.25) is 0 Å². The quantitative estimate of drug-likeness (QED) is 0.406. The maximum atomic E-state index is 9.19. The molecule has 0 aromatic rings. The first-order valence-corrected chi connectivity index (χ1v) is 2.29. The Kier molecular flexibility index (Phi) is 3.34. The van der Waals surface area contributed by atoms with Crippen LogP contribution in [-0.2, 0) is 4.57 Å². The molecule has 0 fully saturated rings. The van der Waals surface area contributed by atoms with Crippen molar-refractivity contribution in [2.24, 2.45) is 0 Å². The summed E-state index contributed by atoms with van der Waals surface area (Å²) in [5, 5.41) is 0. The van der Waals surface area contributed by atoms with Gasteiger partial charge in [0.25, 0.3) is 0 Å². The third-order valence-electron chi connectivity index (χ3n) is 0.0833. The number of hydrogen-bond acceptors (Lipinski definition) is 1. The molecule has 0 rings (SSSR count). The molecule has 0 bridgehead atoms. The summed E-state index contributed by atoms with van der Waals surface area (Å²) in [5.41, 5.74) is 6.18. The van der Waals surface area contributed by atoms with Crippen LogP contribution in [0.4, 0.5) is 0 Å². The van der Waals surface area contributed by atoms with E-state index < -0.39 is 8.46 Å². The Labute approximate surface area is 26.2 Å². The summed E-state index contributed by atoms with van der Waals surface area (Å²) >= 11 is 0. The van der Waals surface area contributed by atoms with E-state index >= 15 is 0 Å². The Morgan fingerprint density at radius 2 is 2.25 bits per heavy atom. The lowest BCUT2D eigenvalue weighted by atomic mass is 11.6. The monoisotopic (exact) mass is 78.0 g/mol. The highest BCUT2D eigenvalue weighted by Crippen LogP contribution is 1.78. The van der Waals surface area contributed by atoms with Crippen molar-refractivity contribution in [3.63, 3.8) is 0 Å². The van der Waals surface area contributed by atoms with Crippen LogP contribution < -0.4 is 5.73 Å². The highest BCUT2D eigenvalue weighted by molar-refractivity contribution is 7.23. The van der Waals surface area contributed by atoms with E-state index in [0.717, 1.165) is 0 Å². The Morgan fingerprint density at radius 3 is 2.25 bits per heavy atom. The highest BCUT2D eigenvalue weighted by atomic mass is 31.1. The molecule has 3 heteroatoms. The lowest BCUT2D eigenvalue weighted by Crippen LogP contribution is -1.58. The fourth-order valence-electron chi connectivity index (χ4n) is 0. The molecule has 0 spiro atoms. The maximum absolute atomic E-state index is 9.19. The number of rotatable bonds is 1. The molecule has 1 atom stereocenters. The molecule has 4 heavy (non-hydrogen) atoms. The Morgan fingerprint density at radius 1 is 2.00 bits per heavy atom. The zero-order chi connectivity index (χ0) is 3.41. The van der Waals surface area contributed by atoms with Crippen LogP contribution in [0.3, 0.4) is 0 Å². The summed E-state index contributed by atoms with van der Waals surface area (Å²) in [6.45, 7) is 0. The predicted molar refractivity (Wildman–Crippen MR) is 18.4 cm³/mol. The first kappa shape index (κ1) is 4.19. The van der Waals surface area contributed by atoms with Crippen molar-refractivity contribution in [2.75, 3.05) is 6.29 Å². The Bertz CT molecular complexity index is 22.0. The van der Waals surface area contributed by atoms with Gasteiger partial charge in [-0.25, -0.2) is 0 Å². The van der Waals surface area contributed by atoms with Gasteiger partial charge in [0, 0.05) is 0 Å². The summed E-state index contributed by atoms with van der Waals surface area (Å²) < 4.78 is 9.19. The summed E-state index contributed by atoms with van der Waals surface area (Å²) in [7, 11) is -0.801. The van der Waals surface area contributed by atoms with Gasteiger partial charge in [0.05, 0.1) is 14.7 Å². The summed E-state index contributed by atoms with van der Waals surface area (Å²) in [6, 6.07) is 0. The average molecular weight is 78.0 g/mol. The van der Waals surface area contributed by atoms with E-state index in [-0.39, 0.29) is 6.29 Å². The van der Waals surface area contributed by atoms with Crippen LogP contribution in [0.15, 0.2) is 0 Å². The van der Waals surface area contributed by atoms with Gasteiger partial charge in [0.1, 0.15) is 0 Å². The van der Waals surface area contributed by atoms with Gasteiger partial charge in [-0.3, -0.25) is 5.73 Å². The minimum atomic E-state index is -0.801. The van der Waals surface area contributed by atoms with Crippen molar-refractivity contribution < 1.29 is 4.57 Å². The summed E-state index contributed by atoms with van der Waals surface area (Å²) in [6.07, 6.45) is 0.0972. The van der Waals surface area contributed by atoms with Crippen LogP contribution in [0, 0.1) is 0 Å². The molecule has 0 aromatic heterocycles. The van der Waals surface area contributed by atoms with Crippen molar-refractivity contribution in [1.29, 1.82) is 0 Å². The molecule has 0 aliphatic carbocycles.